The summed E-state index contributed by atoms with van der Waals surface area (Å²) in [4.78, 5) is 25.4. The van der Waals surface area contributed by atoms with Crippen molar-refractivity contribution >= 4 is 21.6 Å². The number of rotatable bonds is 7. The van der Waals surface area contributed by atoms with E-state index in [0.29, 0.717) is 0 Å². The van der Waals surface area contributed by atoms with Gasteiger partial charge in [-0.2, -0.15) is 21.6 Å². The van der Waals surface area contributed by atoms with Crippen LogP contribution >= 0.6 is 0 Å². The van der Waals surface area contributed by atoms with Gasteiger partial charge in [0.1, 0.15) is 11.2 Å². The van der Waals surface area contributed by atoms with Crippen molar-refractivity contribution in [1.82, 2.24) is 4.90 Å². The van der Waals surface area contributed by atoms with Crippen molar-refractivity contribution < 1.29 is 35.5 Å². The number of nitrogens with zero attached hydrogens (tertiary/aromatic N) is 2. The Morgan fingerprint density at radius 3 is 2.45 bits per heavy atom. The van der Waals surface area contributed by atoms with Crippen molar-refractivity contribution in [3.8, 4) is 0 Å². The van der Waals surface area contributed by atoms with E-state index in [1.54, 1.807) is 19.0 Å². The molecule has 1 aliphatic rings. The van der Waals surface area contributed by atoms with Crippen molar-refractivity contribution in [3.63, 3.8) is 0 Å². The van der Waals surface area contributed by atoms with E-state index in [1.165, 1.54) is 18.2 Å². The Bertz CT molecular complexity index is 943. The number of ketones is 1. The largest absolute Gasteiger partial charge is 0.534 e. The fourth-order valence-corrected chi connectivity index (χ4v) is 3.74. The molecule has 1 aliphatic carbocycles. The molecule has 0 aliphatic heterocycles. The number of hydrogen-bond donors (Lipinski definition) is 0. The van der Waals surface area contributed by atoms with Crippen LogP contribution < -0.4 is 0 Å². The fourth-order valence-electron chi connectivity index (χ4n) is 3.20. The molecule has 1 aromatic rings. The van der Waals surface area contributed by atoms with Crippen molar-refractivity contribution in [2.75, 3.05) is 20.6 Å². The standard InChI is InChI=1S/C17H19F3N2O6S/c1-21(2)11-10-16(12-6-3-4-7-13(12)22(24)25)14(23)8-5-9-15(16)28-29(26,27)17(18,19)20/h3-4,6-7,9H,5,8,10-11H2,1-2H3. The molecule has 0 amide bonds. The van der Waals surface area contributed by atoms with Gasteiger partial charge in [0.15, 0.2) is 5.78 Å². The predicted molar refractivity (Wildman–Crippen MR) is 96.3 cm³/mol. The molecule has 1 atom stereocenters. The summed E-state index contributed by atoms with van der Waals surface area (Å²) in [5, 5.41) is 11.5. The molecule has 1 unspecified atom stereocenters. The molecule has 2 rings (SSSR count). The fraction of sp³-hybridized carbons (Fsp3) is 0.471. The molecule has 0 saturated heterocycles. The molecule has 0 aromatic heterocycles. The second kappa shape index (κ2) is 8.11. The smallest absolute Gasteiger partial charge is 0.379 e. The van der Waals surface area contributed by atoms with E-state index in [1.807, 2.05) is 0 Å². The summed E-state index contributed by atoms with van der Waals surface area (Å²) in [7, 11) is -2.80. The van der Waals surface area contributed by atoms with E-state index in [-0.39, 0.29) is 31.4 Å². The number of benzene rings is 1. The van der Waals surface area contributed by atoms with Gasteiger partial charge < -0.3 is 9.08 Å². The molecule has 8 nitrogen and oxygen atoms in total. The van der Waals surface area contributed by atoms with E-state index < -0.39 is 43.2 Å². The third-order valence-corrected chi connectivity index (χ3v) is 5.54. The SMILES string of the molecule is CN(C)CCC1(c2ccccc2[N+](=O)[O-])C(=O)CCC=C1OS(=O)(=O)C(F)(F)F. The van der Waals surface area contributed by atoms with E-state index in [9.17, 15) is 36.5 Å². The Kier molecular flexibility index (Phi) is 6.38. The number of halogens is 3. The lowest BCUT2D eigenvalue weighted by atomic mass is 9.68. The molecule has 0 bridgehead atoms. The van der Waals surface area contributed by atoms with Crippen LogP contribution in [0.3, 0.4) is 0 Å². The topological polar surface area (TPSA) is 107 Å². The molecule has 0 radical (unpaired) electrons. The van der Waals surface area contributed by atoms with E-state index >= 15 is 0 Å². The van der Waals surface area contributed by atoms with Crippen LogP contribution in [0.2, 0.25) is 0 Å². The molecule has 29 heavy (non-hydrogen) atoms. The lowest BCUT2D eigenvalue weighted by Gasteiger charge is -2.37. The average molecular weight is 436 g/mol. The van der Waals surface area contributed by atoms with Crippen LogP contribution in [0.5, 0.6) is 0 Å². The Morgan fingerprint density at radius 1 is 1.28 bits per heavy atom. The second-order valence-electron chi connectivity index (χ2n) is 6.75. The van der Waals surface area contributed by atoms with E-state index in [0.717, 1.165) is 12.1 Å². The predicted octanol–water partition coefficient (Wildman–Crippen LogP) is 2.90. The summed E-state index contributed by atoms with van der Waals surface area (Å²) in [5.41, 5.74) is -8.48. The average Bonchev–Trinajstić information content (AvgIpc) is 2.60. The number of alkyl halides is 3. The summed E-state index contributed by atoms with van der Waals surface area (Å²) >= 11 is 0. The van der Waals surface area contributed by atoms with Gasteiger partial charge in [-0.3, -0.25) is 14.9 Å². The summed E-state index contributed by atoms with van der Waals surface area (Å²) in [6, 6.07) is 5.06. The van der Waals surface area contributed by atoms with Gasteiger partial charge in [-0.05, 0) is 39.6 Å². The van der Waals surface area contributed by atoms with Gasteiger partial charge in [0.25, 0.3) is 5.69 Å². The zero-order valence-electron chi connectivity index (χ0n) is 15.6. The van der Waals surface area contributed by atoms with Gasteiger partial charge in [-0.25, -0.2) is 0 Å². The highest BCUT2D eigenvalue weighted by Crippen LogP contribution is 2.46. The van der Waals surface area contributed by atoms with Gasteiger partial charge in [0.2, 0.25) is 0 Å². The maximum atomic E-state index is 13.0. The first kappa shape index (κ1) is 22.8. The first-order valence-corrected chi connectivity index (χ1v) is 9.87. The minimum atomic E-state index is -6.08. The van der Waals surface area contributed by atoms with Crippen LogP contribution in [0.1, 0.15) is 24.8 Å². The molecule has 0 saturated carbocycles. The Labute approximate surface area is 165 Å². The summed E-state index contributed by atoms with van der Waals surface area (Å²) in [6.45, 7) is 0.130. The molecular weight excluding hydrogens is 417 g/mol. The van der Waals surface area contributed by atoms with E-state index in [4.69, 9.17) is 0 Å². The van der Waals surface area contributed by atoms with Crippen LogP contribution in [-0.2, 0) is 24.5 Å². The maximum Gasteiger partial charge on any atom is 0.534 e. The van der Waals surface area contributed by atoms with Gasteiger partial charge in [-0.15, -0.1) is 0 Å². The molecule has 0 N–H and O–H groups in total. The quantitative estimate of drug-likeness (QED) is 0.280. The molecular formula is C17H19F3N2O6S. The number of nitro groups is 1. The van der Waals surface area contributed by atoms with Crippen LogP contribution in [0.4, 0.5) is 18.9 Å². The highest BCUT2D eigenvalue weighted by atomic mass is 32.2. The van der Waals surface area contributed by atoms with Crippen molar-refractivity contribution in [2.45, 2.75) is 30.2 Å². The summed E-state index contributed by atoms with van der Waals surface area (Å²) in [6.07, 6.45) is 0.699. The zero-order valence-corrected chi connectivity index (χ0v) is 16.4. The Morgan fingerprint density at radius 2 is 1.90 bits per heavy atom. The van der Waals surface area contributed by atoms with Crippen LogP contribution in [0, 0.1) is 10.1 Å². The van der Waals surface area contributed by atoms with Gasteiger partial charge >= 0.3 is 15.6 Å². The molecule has 0 spiro atoms. The number of allylic oxidation sites excluding steroid dienone is 2. The van der Waals surface area contributed by atoms with Crippen LogP contribution in [-0.4, -0.2) is 50.2 Å². The normalized spacial score (nSPS) is 20.5. The van der Waals surface area contributed by atoms with Crippen LogP contribution in [0.15, 0.2) is 36.1 Å². The molecule has 1 aromatic carbocycles. The first-order valence-electron chi connectivity index (χ1n) is 8.46. The van der Waals surface area contributed by atoms with Crippen molar-refractivity contribution in [1.29, 1.82) is 0 Å². The number of para-hydroxylation sites is 1. The highest BCUT2D eigenvalue weighted by Gasteiger charge is 2.55. The maximum absolute atomic E-state index is 13.0. The Balaban J connectivity index is 2.75. The first-order chi connectivity index (χ1) is 13.3. The lowest BCUT2D eigenvalue weighted by Crippen LogP contribution is -2.45. The number of carbonyl (C=O) groups is 1. The molecule has 160 valence electrons. The van der Waals surface area contributed by atoms with Gasteiger partial charge in [0.05, 0.1) is 10.5 Å². The number of Topliss-reactive ketones (excluding diaryl/α,β-unsaturated/α-hetero) is 1. The molecule has 0 fully saturated rings. The third kappa shape index (κ3) is 4.42. The third-order valence-electron chi connectivity index (χ3n) is 4.58. The van der Waals surface area contributed by atoms with Crippen LogP contribution in [0.25, 0.3) is 0 Å². The monoisotopic (exact) mass is 436 g/mol. The van der Waals surface area contributed by atoms with Gasteiger partial charge in [0, 0.05) is 12.5 Å². The van der Waals surface area contributed by atoms with Crippen molar-refractivity contribution in [3.05, 3.63) is 51.8 Å². The number of carbonyl (C=O) groups excluding carboxylic acids is 1. The lowest BCUT2D eigenvalue weighted by molar-refractivity contribution is -0.386. The zero-order chi connectivity index (χ0) is 22.0. The minimum absolute atomic E-state index is 0.0497. The summed E-state index contributed by atoms with van der Waals surface area (Å²) < 4.78 is 66.5. The number of nitro benzene ring substituents is 1. The van der Waals surface area contributed by atoms with Gasteiger partial charge in [-0.1, -0.05) is 18.2 Å². The van der Waals surface area contributed by atoms with E-state index in [2.05, 4.69) is 4.18 Å². The molecule has 12 heteroatoms. The molecule has 0 heterocycles. The second-order valence-corrected chi connectivity index (χ2v) is 8.28. The van der Waals surface area contributed by atoms with Crippen molar-refractivity contribution in [2.24, 2.45) is 0 Å². The highest BCUT2D eigenvalue weighted by molar-refractivity contribution is 7.87. The minimum Gasteiger partial charge on any atom is -0.379 e. The summed E-state index contributed by atoms with van der Waals surface area (Å²) in [5.74, 6) is -1.41. The number of hydrogen-bond acceptors (Lipinski definition) is 7. The Hall–Kier alpha value is -2.47.